The summed E-state index contributed by atoms with van der Waals surface area (Å²) in [7, 11) is 0. The average molecular weight is 211 g/mol. The number of aromatic nitrogens is 1. The van der Waals surface area contributed by atoms with Crippen molar-refractivity contribution in [1.82, 2.24) is 4.98 Å². The van der Waals surface area contributed by atoms with Crippen molar-refractivity contribution in [2.45, 2.75) is 44.6 Å². The molecule has 0 spiro atoms. The summed E-state index contributed by atoms with van der Waals surface area (Å²) in [5, 5.41) is 13.1. The Hall–Kier alpha value is -0.410. The summed E-state index contributed by atoms with van der Waals surface area (Å²) in [6.07, 6.45) is 8.62. The minimum absolute atomic E-state index is 0.0959. The molecule has 0 aromatic carbocycles. The predicted octanol–water partition coefficient (Wildman–Crippen LogP) is 2.63. The SMILES string of the molecule is OC1CCCCCC1Cc1nccs1. The molecule has 2 unspecified atom stereocenters. The maximum Gasteiger partial charge on any atom is 0.0928 e. The summed E-state index contributed by atoms with van der Waals surface area (Å²) in [6, 6.07) is 0. The molecule has 0 amide bonds. The fraction of sp³-hybridized carbons (Fsp3) is 0.727. The average Bonchev–Trinajstić information content (AvgIpc) is 2.60. The van der Waals surface area contributed by atoms with Gasteiger partial charge in [0, 0.05) is 18.0 Å². The molecule has 0 saturated heterocycles. The van der Waals surface area contributed by atoms with Crippen LogP contribution in [0.5, 0.6) is 0 Å². The molecule has 2 nitrogen and oxygen atoms in total. The Morgan fingerprint density at radius 1 is 1.36 bits per heavy atom. The van der Waals surface area contributed by atoms with Crippen molar-refractivity contribution < 1.29 is 5.11 Å². The number of hydrogen-bond donors (Lipinski definition) is 1. The summed E-state index contributed by atoms with van der Waals surface area (Å²) in [4.78, 5) is 4.28. The van der Waals surface area contributed by atoms with E-state index in [1.165, 1.54) is 30.7 Å². The van der Waals surface area contributed by atoms with E-state index in [-0.39, 0.29) is 6.10 Å². The highest BCUT2D eigenvalue weighted by molar-refractivity contribution is 7.09. The van der Waals surface area contributed by atoms with Gasteiger partial charge in [0.25, 0.3) is 0 Å². The Bertz CT molecular complexity index is 260. The zero-order chi connectivity index (χ0) is 9.80. The van der Waals surface area contributed by atoms with Crippen molar-refractivity contribution in [3.05, 3.63) is 16.6 Å². The molecule has 2 atom stereocenters. The van der Waals surface area contributed by atoms with Gasteiger partial charge < -0.3 is 5.11 Å². The number of thiazole rings is 1. The monoisotopic (exact) mass is 211 g/mol. The molecule has 3 heteroatoms. The Labute approximate surface area is 89.0 Å². The first-order chi connectivity index (χ1) is 6.86. The molecule has 0 bridgehead atoms. The quantitative estimate of drug-likeness (QED) is 0.763. The van der Waals surface area contributed by atoms with Crippen LogP contribution in [0.1, 0.15) is 37.1 Å². The molecule has 1 aromatic heterocycles. The number of nitrogens with zero attached hydrogens (tertiary/aromatic N) is 1. The number of aliphatic hydroxyl groups is 1. The van der Waals surface area contributed by atoms with Crippen molar-refractivity contribution in [3.63, 3.8) is 0 Å². The number of rotatable bonds is 2. The summed E-state index contributed by atoms with van der Waals surface area (Å²) in [5.41, 5.74) is 0. The normalized spacial score (nSPS) is 28.6. The lowest BCUT2D eigenvalue weighted by Crippen LogP contribution is -2.20. The summed E-state index contributed by atoms with van der Waals surface area (Å²) in [6.45, 7) is 0. The number of aliphatic hydroxyl groups excluding tert-OH is 1. The van der Waals surface area contributed by atoms with E-state index < -0.39 is 0 Å². The fourth-order valence-electron chi connectivity index (χ4n) is 2.18. The van der Waals surface area contributed by atoms with Gasteiger partial charge in [-0.25, -0.2) is 4.98 Å². The predicted molar refractivity (Wildman–Crippen MR) is 58.4 cm³/mol. The van der Waals surface area contributed by atoms with Gasteiger partial charge in [0.1, 0.15) is 0 Å². The molecule has 0 radical (unpaired) electrons. The van der Waals surface area contributed by atoms with E-state index >= 15 is 0 Å². The van der Waals surface area contributed by atoms with Gasteiger partial charge in [-0.2, -0.15) is 0 Å². The highest BCUT2D eigenvalue weighted by atomic mass is 32.1. The van der Waals surface area contributed by atoms with Crippen LogP contribution >= 0.6 is 11.3 Å². The molecule has 78 valence electrons. The van der Waals surface area contributed by atoms with Crippen LogP contribution in [0.2, 0.25) is 0 Å². The van der Waals surface area contributed by atoms with Crippen LogP contribution in [0.25, 0.3) is 0 Å². The van der Waals surface area contributed by atoms with Gasteiger partial charge in [-0.3, -0.25) is 0 Å². The van der Waals surface area contributed by atoms with Crippen LogP contribution in [0, 0.1) is 5.92 Å². The van der Waals surface area contributed by atoms with Gasteiger partial charge in [-0.1, -0.05) is 19.3 Å². The van der Waals surface area contributed by atoms with Crippen molar-refractivity contribution in [2.24, 2.45) is 5.92 Å². The summed E-state index contributed by atoms with van der Waals surface area (Å²) in [5.74, 6) is 0.448. The highest BCUT2D eigenvalue weighted by Crippen LogP contribution is 2.26. The third-order valence-electron chi connectivity index (χ3n) is 3.04. The lowest BCUT2D eigenvalue weighted by molar-refractivity contribution is 0.101. The molecule has 1 fully saturated rings. The molecule has 2 rings (SSSR count). The Kier molecular flexibility index (Phi) is 3.54. The second-order valence-corrected chi connectivity index (χ2v) is 5.07. The lowest BCUT2D eigenvalue weighted by atomic mass is 9.94. The smallest absolute Gasteiger partial charge is 0.0928 e. The Morgan fingerprint density at radius 3 is 3.00 bits per heavy atom. The third-order valence-corrected chi connectivity index (χ3v) is 3.84. The van der Waals surface area contributed by atoms with E-state index in [0.29, 0.717) is 5.92 Å². The van der Waals surface area contributed by atoms with Crippen LogP contribution in [0.4, 0.5) is 0 Å². The highest BCUT2D eigenvalue weighted by Gasteiger charge is 2.22. The van der Waals surface area contributed by atoms with Gasteiger partial charge in [0.2, 0.25) is 0 Å². The second-order valence-electron chi connectivity index (χ2n) is 4.10. The molecule has 0 aliphatic heterocycles. The van der Waals surface area contributed by atoms with Crippen molar-refractivity contribution in [2.75, 3.05) is 0 Å². The first-order valence-corrected chi connectivity index (χ1v) is 6.30. The van der Waals surface area contributed by atoms with Gasteiger partial charge in [-0.05, 0) is 18.8 Å². The van der Waals surface area contributed by atoms with E-state index in [4.69, 9.17) is 0 Å². The van der Waals surface area contributed by atoms with Crippen LogP contribution in [-0.2, 0) is 6.42 Å². The van der Waals surface area contributed by atoms with Gasteiger partial charge in [-0.15, -0.1) is 11.3 Å². The minimum atomic E-state index is -0.0959. The van der Waals surface area contributed by atoms with Crippen LogP contribution in [0.15, 0.2) is 11.6 Å². The van der Waals surface area contributed by atoms with Crippen molar-refractivity contribution >= 4 is 11.3 Å². The van der Waals surface area contributed by atoms with Crippen LogP contribution in [-0.4, -0.2) is 16.2 Å². The van der Waals surface area contributed by atoms with Gasteiger partial charge >= 0.3 is 0 Å². The number of hydrogen-bond acceptors (Lipinski definition) is 3. The van der Waals surface area contributed by atoms with Crippen LogP contribution < -0.4 is 0 Å². The molecule has 1 saturated carbocycles. The van der Waals surface area contributed by atoms with E-state index in [1.54, 1.807) is 11.3 Å². The first-order valence-electron chi connectivity index (χ1n) is 5.42. The van der Waals surface area contributed by atoms with Gasteiger partial charge in [0.15, 0.2) is 0 Å². The Morgan fingerprint density at radius 2 is 2.21 bits per heavy atom. The van der Waals surface area contributed by atoms with E-state index in [2.05, 4.69) is 4.98 Å². The minimum Gasteiger partial charge on any atom is -0.393 e. The summed E-state index contributed by atoms with van der Waals surface area (Å²) >= 11 is 1.70. The fourth-order valence-corrected chi connectivity index (χ4v) is 2.89. The van der Waals surface area contributed by atoms with Gasteiger partial charge in [0.05, 0.1) is 11.1 Å². The van der Waals surface area contributed by atoms with E-state index in [1.807, 2.05) is 11.6 Å². The second kappa shape index (κ2) is 4.89. The maximum absolute atomic E-state index is 9.92. The van der Waals surface area contributed by atoms with Crippen molar-refractivity contribution in [3.8, 4) is 0 Å². The third kappa shape index (κ3) is 2.55. The first kappa shape index (κ1) is 10.1. The molecule has 1 aromatic rings. The standard InChI is InChI=1S/C11H17NOS/c13-10-5-3-1-2-4-9(10)8-11-12-6-7-14-11/h6-7,9-10,13H,1-5,8H2. The molecule has 1 N–H and O–H groups in total. The van der Waals surface area contributed by atoms with Crippen LogP contribution in [0.3, 0.4) is 0 Å². The molecule has 14 heavy (non-hydrogen) atoms. The zero-order valence-electron chi connectivity index (χ0n) is 8.35. The molecule has 1 heterocycles. The molecular weight excluding hydrogens is 194 g/mol. The molecular formula is C11H17NOS. The van der Waals surface area contributed by atoms with E-state index in [9.17, 15) is 5.11 Å². The summed E-state index contributed by atoms with van der Waals surface area (Å²) < 4.78 is 0. The van der Waals surface area contributed by atoms with E-state index in [0.717, 1.165) is 12.8 Å². The maximum atomic E-state index is 9.92. The zero-order valence-corrected chi connectivity index (χ0v) is 9.17. The molecule has 1 aliphatic carbocycles. The topological polar surface area (TPSA) is 33.1 Å². The largest absolute Gasteiger partial charge is 0.393 e. The Balaban J connectivity index is 1.94. The van der Waals surface area contributed by atoms with Crippen molar-refractivity contribution in [1.29, 1.82) is 0 Å². The lowest BCUT2D eigenvalue weighted by Gasteiger charge is -2.18. The molecule has 1 aliphatic rings.